The summed E-state index contributed by atoms with van der Waals surface area (Å²) < 4.78 is 12.6. The van der Waals surface area contributed by atoms with Gasteiger partial charge in [0.2, 0.25) is 0 Å². The van der Waals surface area contributed by atoms with Gasteiger partial charge in [-0.3, -0.25) is 0 Å². The number of halogens is 1. The van der Waals surface area contributed by atoms with Gasteiger partial charge in [-0.2, -0.15) is 4.63 Å². The van der Waals surface area contributed by atoms with Crippen molar-refractivity contribution in [1.29, 1.82) is 0 Å². The molecule has 0 aliphatic rings. The molecule has 40 valence electrons. The van der Waals surface area contributed by atoms with Gasteiger partial charge in [-0.15, -0.1) is 0 Å². The van der Waals surface area contributed by atoms with E-state index in [0.29, 0.717) is 0 Å². The third kappa shape index (κ3) is 10.9. The van der Waals surface area contributed by atoms with Gasteiger partial charge >= 0.3 is 38.6 Å². The van der Waals surface area contributed by atoms with Crippen molar-refractivity contribution in [3.05, 3.63) is 0 Å². The minimum atomic E-state index is -4.80. The van der Waals surface area contributed by atoms with Crippen LogP contribution in [0.2, 0.25) is 0 Å². The molecular weight excluding hydrogens is 134 g/mol. The quantitative estimate of drug-likeness (QED) is 0.319. The van der Waals surface area contributed by atoms with Crippen LogP contribution in [-0.4, -0.2) is 23.4 Å². The van der Waals surface area contributed by atoms with E-state index in [2.05, 4.69) is 4.63 Å². The van der Waals surface area contributed by atoms with Crippen LogP contribution in [0.15, 0.2) is 0 Å². The molecule has 0 bridgehead atoms. The number of hydrogen-bond acceptors (Lipinski definition) is 4. The molecule has 0 atom stereocenters. The van der Waals surface area contributed by atoms with E-state index in [9.17, 15) is 4.53 Å². The zero-order chi connectivity index (χ0) is 5.21. The summed E-state index contributed by atoms with van der Waals surface area (Å²) in [7, 11) is -4.80. The van der Waals surface area contributed by atoms with Crippen molar-refractivity contribution in [2.24, 2.45) is 0 Å². The Morgan fingerprint density at radius 1 is 1.43 bits per heavy atom. The van der Waals surface area contributed by atoms with E-state index in [1.54, 1.807) is 0 Å². The van der Waals surface area contributed by atoms with Crippen LogP contribution in [0.1, 0.15) is 1.43 Å². The molecule has 3 N–H and O–H groups in total. The first-order valence-corrected chi connectivity index (χ1v) is 2.78. The minimum Gasteiger partial charge on any atom is -1.00 e. The molecule has 0 fully saturated rings. The first kappa shape index (κ1) is 10.9. The molecule has 0 radical (unpaired) electrons. The monoisotopic (exact) mass is 138 g/mol. The van der Waals surface area contributed by atoms with Gasteiger partial charge in [0.15, 0.2) is 0 Å². The Balaban J connectivity index is -0.000000125. The van der Waals surface area contributed by atoms with Crippen LogP contribution in [0.5, 0.6) is 0 Å². The smallest absolute Gasteiger partial charge is 1.00 e. The zero-order valence-electron chi connectivity index (χ0n) is 4.63. The maximum absolute atomic E-state index is 10.3. The van der Waals surface area contributed by atoms with E-state index < -0.39 is 9.05 Å². The third-order valence-electron chi connectivity index (χ3n) is 0.104. The Labute approximate surface area is 63.7 Å². The Kier molecular flexibility index (Phi) is 6.10. The Hall–Kier alpha value is 0.987. The predicted octanol–water partition coefficient (Wildman–Crippen LogP) is -4.58. The number of hydrogen-bond donors (Lipinski definition) is 3. The average molecular weight is 138 g/mol. The topological polar surface area (TPSA) is 69.9 Å². The maximum atomic E-state index is 10.3. The van der Waals surface area contributed by atoms with Crippen molar-refractivity contribution in [3.63, 3.8) is 0 Å². The van der Waals surface area contributed by atoms with Gasteiger partial charge in [0.05, 0.1) is 0 Å². The summed E-state index contributed by atoms with van der Waals surface area (Å²) in [6.45, 7) is 0. The first-order chi connectivity index (χ1) is 2.56. The maximum Gasteiger partial charge on any atom is 1.00 e. The molecule has 0 aromatic carbocycles. The Bertz CT molecular complexity index is 45.8. The van der Waals surface area contributed by atoms with Gasteiger partial charge < -0.3 is 15.8 Å². The fourth-order valence-corrected chi connectivity index (χ4v) is 0. The second-order valence-corrected chi connectivity index (χ2v) is 1.95. The van der Waals surface area contributed by atoms with Crippen LogP contribution in [0.4, 0.5) is 4.53 Å². The molecule has 0 spiro atoms. The normalized spacial score (nSPS) is 10.3. The molecule has 0 aromatic heterocycles. The summed E-state index contributed by atoms with van der Waals surface area (Å²) >= 11 is 0. The van der Waals surface area contributed by atoms with Crippen molar-refractivity contribution in [2.75, 3.05) is 0 Å². The van der Waals surface area contributed by atoms with Crippen LogP contribution in [-0.2, 0) is 4.63 Å². The van der Waals surface area contributed by atoms with Gasteiger partial charge in [0, 0.05) is 0 Å². The van der Waals surface area contributed by atoms with Crippen LogP contribution in [0, 0.1) is 0 Å². The van der Waals surface area contributed by atoms with E-state index in [0.717, 1.165) is 0 Å². The van der Waals surface area contributed by atoms with Crippen molar-refractivity contribution in [1.82, 2.24) is 0 Å². The molecule has 0 saturated heterocycles. The standard InChI is InChI=1S/FH3O4Si.Na.H/c1-5-6(2,3)4;;/h2-4H;;/q;+1;-1. The molecule has 0 rings (SSSR count). The van der Waals surface area contributed by atoms with E-state index in [4.69, 9.17) is 14.4 Å². The predicted molar refractivity (Wildman–Crippen MR) is 15.7 cm³/mol. The molecule has 0 unspecified atom stereocenters. The van der Waals surface area contributed by atoms with Crippen molar-refractivity contribution in [3.8, 4) is 0 Å². The van der Waals surface area contributed by atoms with Gasteiger partial charge in [-0.25, -0.2) is 0 Å². The summed E-state index contributed by atoms with van der Waals surface area (Å²) in [6, 6.07) is 0. The van der Waals surface area contributed by atoms with Gasteiger partial charge in [0.25, 0.3) is 0 Å². The van der Waals surface area contributed by atoms with Crippen LogP contribution in [0.3, 0.4) is 0 Å². The molecule has 7 heavy (non-hydrogen) atoms. The van der Waals surface area contributed by atoms with Gasteiger partial charge in [0.1, 0.15) is 0 Å². The molecule has 0 aliphatic heterocycles. The molecule has 0 amide bonds. The molecule has 0 aliphatic carbocycles. The summed E-state index contributed by atoms with van der Waals surface area (Å²) in [5.74, 6) is 0. The second kappa shape index (κ2) is 3.93. The zero-order valence-corrected chi connectivity index (χ0v) is 6.63. The first-order valence-electron chi connectivity index (χ1n) is 1.03. The summed E-state index contributed by atoms with van der Waals surface area (Å²) in [4.78, 5) is 22.4. The van der Waals surface area contributed by atoms with Crippen molar-refractivity contribution >= 4 is 9.05 Å². The Morgan fingerprint density at radius 3 is 1.57 bits per heavy atom. The minimum absolute atomic E-state index is 0. The van der Waals surface area contributed by atoms with E-state index in [1.165, 1.54) is 0 Å². The Morgan fingerprint density at radius 2 is 1.57 bits per heavy atom. The second-order valence-electron chi connectivity index (χ2n) is 0.651. The van der Waals surface area contributed by atoms with Crippen LogP contribution in [0.25, 0.3) is 0 Å². The van der Waals surface area contributed by atoms with Gasteiger partial charge in [-0.1, -0.05) is 4.53 Å². The fraction of sp³-hybridized carbons (Fsp3) is 0. The fourth-order valence-electron chi connectivity index (χ4n) is 0. The summed E-state index contributed by atoms with van der Waals surface area (Å²) in [6.07, 6.45) is 0. The molecule has 0 saturated carbocycles. The van der Waals surface area contributed by atoms with Gasteiger partial charge in [-0.05, 0) is 0 Å². The van der Waals surface area contributed by atoms with E-state index in [-0.39, 0.29) is 31.0 Å². The summed E-state index contributed by atoms with van der Waals surface area (Å²) in [5.41, 5.74) is 0. The van der Waals surface area contributed by atoms with Crippen molar-refractivity contribution < 1.29 is 54.5 Å². The largest absolute Gasteiger partial charge is 1.00 e. The SMILES string of the molecule is O[Si](O)(O)OF.[H-].[Na+]. The molecular formula is H4FNaO4Si. The molecule has 0 heterocycles. The van der Waals surface area contributed by atoms with E-state index in [1.807, 2.05) is 0 Å². The van der Waals surface area contributed by atoms with Crippen LogP contribution >= 0.6 is 0 Å². The number of rotatable bonds is 1. The van der Waals surface area contributed by atoms with Crippen molar-refractivity contribution in [2.45, 2.75) is 0 Å². The van der Waals surface area contributed by atoms with E-state index >= 15 is 0 Å². The summed E-state index contributed by atoms with van der Waals surface area (Å²) in [5, 5.41) is 0. The average Bonchev–Trinajstić information content (AvgIpc) is 1.35. The molecule has 7 heteroatoms. The molecule has 0 aromatic rings. The van der Waals surface area contributed by atoms with Crippen LogP contribution < -0.4 is 29.6 Å². The third-order valence-corrected chi connectivity index (χ3v) is 0.311. The molecule has 4 nitrogen and oxygen atoms in total.